The van der Waals surface area contributed by atoms with Gasteiger partial charge in [0.05, 0.1) is 10.6 Å². The van der Waals surface area contributed by atoms with Gasteiger partial charge in [0, 0.05) is 12.2 Å². The van der Waals surface area contributed by atoms with Crippen LogP contribution in [0.2, 0.25) is 0 Å². The smallest absolute Gasteiger partial charge is 0.234 e. The van der Waals surface area contributed by atoms with E-state index >= 15 is 0 Å². The highest BCUT2D eigenvalue weighted by atomic mass is 32.2. The first kappa shape index (κ1) is 23.0. The Labute approximate surface area is 187 Å². The van der Waals surface area contributed by atoms with E-state index in [0.717, 1.165) is 23.2 Å². The lowest BCUT2D eigenvalue weighted by molar-refractivity contribution is -0.113. The van der Waals surface area contributed by atoms with Crippen molar-refractivity contribution in [3.05, 3.63) is 65.5 Å². The van der Waals surface area contributed by atoms with Gasteiger partial charge in [-0.2, -0.15) is 0 Å². The number of nitrogens with one attached hydrogen (secondary N) is 1. The summed E-state index contributed by atoms with van der Waals surface area (Å²) in [5, 5.41) is 11.7. The third kappa shape index (κ3) is 5.54. The van der Waals surface area contributed by atoms with Crippen molar-refractivity contribution >= 4 is 33.2 Å². The number of rotatable bonds is 9. The zero-order chi connectivity index (χ0) is 22.4. The highest BCUT2D eigenvalue weighted by molar-refractivity contribution is 7.99. The Morgan fingerprint density at radius 3 is 2.48 bits per heavy atom. The van der Waals surface area contributed by atoms with Crippen LogP contribution in [0.1, 0.15) is 30.8 Å². The molecule has 0 unspecified atom stereocenters. The first-order chi connectivity index (χ1) is 14.9. The molecule has 0 radical (unpaired) electrons. The molecule has 1 aromatic heterocycles. The number of hydrogen-bond donors (Lipinski definition) is 1. The fraction of sp³-hybridized carbons (Fsp3) is 0.318. The summed E-state index contributed by atoms with van der Waals surface area (Å²) in [5.74, 6) is 0.133. The molecule has 0 fully saturated rings. The summed E-state index contributed by atoms with van der Waals surface area (Å²) in [6.45, 7) is 6.42. The first-order valence-electron chi connectivity index (χ1n) is 10.1. The molecule has 1 heterocycles. The first-order valence-corrected chi connectivity index (χ1v) is 12.7. The van der Waals surface area contributed by atoms with Crippen LogP contribution in [-0.4, -0.2) is 34.8 Å². The van der Waals surface area contributed by atoms with E-state index in [1.54, 1.807) is 34.9 Å². The number of sulfone groups is 1. The van der Waals surface area contributed by atoms with Gasteiger partial charge >= 0.3 is 0 Å². The summed E-state index contributed by atoms with van der Waals surface area (Å²) >= 11 is 1.24. The molecule has 9 heteroatoms. The average Bonchev–Trinajstić information content (AvgIpc) is 3.15. The Morgan fingerprint density at radius 1 is 1.06 bits per heavy atom. The van der Waals surface area contributed by atoms with Gasteiger partial charge in [-0.3, -0.25) is 4.79 Å². The van der Waals surface area contributed by atoms with Crippen LogP contribution in [0.4, 0.5) is 5.69 Å². The number of carbonyl (C=O) groups is 1. The number of amides is 1. The number of carbonyl (C=O) groups excluding carboxylic acids is 1. The third-order valence-electron chi connectivity index (χ3n) is 4.87. The zero-order valence-corrected chi connectivity index (χ0v) is 19.5. The molecule has 0 saturated carbocycles. The van der Waals surface area contributed by atoms with Crippen LogP contribution in [0.15, 0.2) is 58.6 Å². The highest BCUT2D eigenvalue weighted by Gasteiger charge is 2.21. The standard InChI is InChI=1S/C22H26N4O3S2/c1-4-17-11-9-10-16(3)21(17)23-20(27)14-30-22-25-24-19(26(22)5-2)15-31(28,29)18-12-7-6-8-13-18/h6-13H,4-5,14-15H2,1-3H3,(H,23,27). The maximum absolute atomic E-state index is 12.7. The fourth-order valence-electron chi connectivity index (χ4n) is 3.24. The number of para-hydroxylation sites is 1. The van der Waals surface area contributed by atoms with E-state index in [9.17, 15) is 13.2 Å². The maximum Gasteiger partial charge on any atom is 0.234 e. The minimum atomic E-state index is -3.53. The Balaban J connectivity index is 1.70. The molecular weight excluding hydrogens is 432 g/mol. The van der Waals surface area contributed by atoms with Crippen LogP contribution in [0.5, 0.6) is 0 Å². The monoisotopic (exact) mass is 458 g/mol. The summed E-state index contributed by atoms with van der Waals surface area (Å²) in [5.41, 5.74) is 2.95. The molecule has 3 aromatic rings. The van der Waals surface area contributed by atoms with Gasteiger partial charge in [0.1, 0.15) is 11.6 Å². The van der Waals surface area contributed by atoms with E-state index in [-0.39, 0.29) is 22.3 Å². The Bertz CT molecular complexity index is 1160. The minimum absolute atomic E-state index is 0.141. The van der Waals surface area contributed by atoms with Crippen LogP contribution < -0.4 is 5.32 Å². The Hall–Kier alpha value is -2.65. The quantitative estimate of drug-likeness (QED) is 0.489. The van der Waals surface area contributed by atoms with E-state index in [1.807, 2.05) is 39.0 Å². The van der Waals surface area contributed by atoms with Crippen molar-refractivity contribution < 1.29 is 13.2 Å². The SMILES string of the molecule is CCc1cccc(C)c1NC(=O)CSc1nnc(CS(=O)(=O)c2ccccc2)n1CC. The second-order valence-electron chi connectivity index (χ2n) is 7.01. The number of anilines is 1. The lowest BCUT2D eigenvalue weighted by Crippen LogP contribution is -2.17. The molecule has 164 valence electrons. The maximum atomic E-state index is 12.7. The van der Waals surface area contributed by atoms with Crippen LogP contribution in [0.25, 0.3) is 0 Å². The molecule has 0 aliphatic carbocycles. The number of aryl methyl sites for hydroxylation is 2. The van der Waals surface area contributed by atoms with Crippen molar-refractivity contribution in [1.82, 2.24) is 14.8 Å². The normalized spacial score (nSPS) is 11.5. The van der Waals surface area contributed by atoms with Crippen molar-refractivity contribution in [3.8, 4) is 0 Å². The van der Waals surface area contributed by atoms with E-state index < -0.39 is 9.84 Å². The fourth-order valence-corrected chi connectivity index (χ4v) is 5.35. The van der Waals surface area contributed by atoms with Gasteiger partial charge in [-0.25, -0.2) is 8.42 Å². The van der Waals surface area contributed by atoms with E-state index in [1.165, 1.54) is 11.8 Å². The molecule has 0 atom stereocenters. The van der Waals surface area contributed by atoms with Gasteiger partial charge in [0.2, 0.25) is 5.91 Å². The average molecular weight is 459 g/mol. The van der Waals surface area contributed by atoms with Gasteiger partial charge in [0.15, 0.2) is 15.0 Å². The largest absolute Gasteiger partial charge is 0.325 e. The van der Waals surface area contributed by atoms with Crippen LogP contribution >= 0.6 is 11.8 Å². The number of nitrogens with zero attached hydrogens (tertiary/aromatic N) is 3. The molecule has 0 spiro atoms. The molecule has 0 aliphatic rings. The predicted molar refractivity (Wildman–Crippen MR) is 123 cm³/mol. The van der Waals surface area contributed by atoms with Crippen molar-refractivity contribution in [3.63, 3.8) is 0 Å². The highest BCUT2D eigenvalue weighted by Crippen LogP contribution is 2.23. The van der Waals surface area contributed by atoms with Crippen LogP contribution in [-0.2, 0) is 33.4 Å². The summed E-state index contributed by atoms with van der Waals surface area (Å²) in [6, 6.07) is 14.2. The summed E-state index contributed by atoms with van der Waals surface area (Å²) in [7, 11) is -3.53. The lowest BCUT2D eigenvalue weighted by atomic mass is 10.1. The van der Waals surface area contributed by atoms with Crippen LogP contribution in [0.3, 0.4) is 0 Å². The second-order valence-corrected chi connectivity index (χ2v) is 9.95. The van der Waals surface area contributed by atoms with E-state index in [2.05, 4.69) is 15.5 Å². The van der Waals surface area contributed by atoms with Crippen molar-refractivity contribution in [1.29, 1.82) is 0 Å². The molecule has 3 rings (SSSR count). The Kier molecular flexibility index (Phi) is 7.50. The number of thioether (sulfide) groups is 1. The molecule has 0 saturated heterocycles. The summed E-state index contributed by atoms with van der Waals surface area (Å²) < 4.78 is 27.1. The lowest BCUT2D eigenvalue weighted by Gasteiger charge is -2.13. The molecule has 7 nitrogen and oxygen atoms in total. The van der Waals surface area contributed by atoms with Crippen LogP contribution in [0, 0.1) is 6.92 Å². The van der Waals surface area contributed by atoms with E-state index in [4.69, 9.17) is 0 Å². The zero-order valence-electron chi connectivity index (χ0n) is 17.8. The topological polar surface area (TPSA) is 94.0 Å². The molecule has 0 bridgehead atoms. The molecule has 31 heavy (non-hydrogen) atoms. The molecule has 1 N–H and O–H groups in total. The van der Waals surface area contributed by atoms with Gasteiger partial charge in [-0.05, 0) is 43.5 Å². The molecule has 1 amide bonds. The number of aromatic nitrogens is 3. The minimum Gasteiger partial charge on any atom is -0.325 e. The van der Waals surface area contributed by atoms with Crippen molar-refractivity contribution in [2.75, 3.05) is 11.1 Å². The summed E-state index contributed by atoms with van der Waals surface area (Å²) in [6.07, 6.45) is 0.827. The van der Waals surface area contributed by atoms with Gasteiger partial charge in [-0.15, -0.1) is 10.2 Å². The summed E-state index contributed by atoms with van der Waals surface area (Å²) in [4.78, 5) is 12.8. The van der Waals surface area contributed by atoms with Crippen molar-refractivity contribution in [2.45, 2.75) is 49.5 Å². The van der Waals surface area contributed by atoms with E-state index in [0.29, 0.717) is 17.5 Å². The third-order valence-corrected chi connectivity index (χ3v) is 7.46. The number of benzene rings is 2. The second kappa shape index (κ2) is 10.1. The Morgan fingerprint density at radius 2 is 1.81 bits per heavy atom. The van der Waals surface area contributed by atoms with Gasteiger partial charge in [-0.1, -0.05) is 55.1 Å². The molecule has 2 aromatic carbocycles. The van der Waals surface area contributed by atoms with Crippen molar-refractivity contribution in [2.24, 2.45) is 0 Å². The number of hydrogen-bond acceptors (Lipinski definition) is 6. The molecular formula is C22H26N4O3S2. The van der Waals surface area contributed by atoms with Gasteiger partial charge in [0.25, 0.3) is 0 Å². The van der Waals surface area contributed by atoms with Gasteiger partial charge < -0.3 is 9.88 Å². The predicted octanol–water partition coefficient (Wildman–Crippen LogP) is 3.87. The molecule has 0 aliphatic heterocycles.